The largest absolute Gasteiger partial charge is 0.293 e. The maximum atomic E-state index is 11.5. The van der Waals surface area contributed by atoms with Crippen LogP contribution in [0.3, 0.4) is 0 Å². The Bertz CT molecular complexity index is 350. The third-order valence-corrected chi connectivity index (χ3v) is 3.58. The quantitative estimate of drug-likeness (QED) is 0.593. The smallest absolute Gasteiger partial charge is 0.174 e. The van der Waals surface area contributed by atoms with Gasteiger partial charge in [-0.1, -0.05) is 33.6 Å². The normalized spacial score (nSPS) is 10.2. The van der Waals surface area contributed by atoms with Gasteiger partial charge in [0.15, 0.2) is 5.78 Å². The van der Waals surface area contributed by atoms with Gasteiger partial charge in [0, 0.05) is 10.0 Å². The molecule has 0 aromatic heterocycles. The summed E-state index contributed by atoms with van der Waals surface area (Å²) in [6.07, 6.45) is 0. The van der Waals surface area contributed by atoms with Crippen molar-refractivity contribution in [1.82, 2.24) is 0 Å². The summed E-state index contributed by atoms with van der Waals surface area (Å²) in [5, 5.41) is 0.877. The van der Waals surface area contributed by atoms with Crippen LogP contribution in [-0.4, -0.2) is 11.1 Å². The molecule has 0 saturated heterocycles. The SMILES string of the molecule is Cc1ccc(Cl)c(Br)c1C(=O)CBr. The van der Waals surface area contributed by atoms with Gasteiger partial charge in [0.05, 0.1) is 10.4 Å². The van der Waals surface area contributed by atoms with E-state index < -0.39 is 0 Å². The summed E-state index contributed by atoms with van der Waals surface area (Å²) in [4.78, 5) is 11.5. The molecule has 1 aromatic rings. The van der Waals surface area contributed by atoms with Crippen LogP contribution in [0, 0.1) is 6.92 Å². The Hall–Kier alpha value is 0.140. The van der Waals surface area contributed by atoms with E-state index in [1.165, 1.54) is 0 Å². The van der Waals surface area contributed by atoms with Gasteiger partial charge in [0.2, 0.25) is 0 Å². The van der Waals surface area contributed by atoms with Crippen LogP contribution in [-0.2, 0) is 0 Å². The Morgan fingerprint density at radius 1 is 1.54 bits per heavy atom. The van der Waals surface area contributed by atoms with Crippen molar-refractivity contribution in [1.29, 1.82) is 0 Å². The molecule has 1 aromatic carbocycles. The lowest BCUT2D eigenvalue weighted by molar-refractivity contribution is 0.102. The second-order valence-electron chi connectivity index (χ2n) is 2.61. The van der Waals surface area contributed by atoms with Crippen LogP contribution in [0.1, 0.15) is 15.9 Å². The predicted molar refractivity (Wildman–Crippen MR) is 62.0 cm³/mol. The maximum absolute atomic E-state index is 11.5. The van der Waals surface area contributed by atoms with Gasteiger partial charge in [-0.05, 0) is 34.5 Å². The number of ketones is 1. The molecule has 4 heteroatoms. The zero-order chi connectivity index (χ0) is 10.0. The highest BCUT2D eigenvalue weighted by atomic mass is 79.9. The highest BCUT2D eigenvalue weighted by molar-refractivity contribution is 9.10. The molecule has 1 nitrogen and oxygen atoms in total. The first kappa shape index (κ1) is 11.2. The molecule has 0 aliphatic carbocycles. The highest BCUT2D eigenvalue weighted by Gasteiger charge is 2.13. The Balaban J connectivity index is 3.33. The molecule has 13 heavy (non-hydrogen) atoms. The van der Waals surface area contributed by atoms with Crippen LogP contribution in [0.15, 0.2) is 16.6 Å². The number of Topliss-reactive ketones (excluding diaryl/α,β-unsaturated/α-hetero) is 1. The van der Waals surface area contributed by atoms with Gasteiger partial charge in [-0.2, -0.15) is 0 Å². The maximum Gasteiger partial charge on any atom is 0.174 e. The summed E-state index contributed by atoms with van der Waals surface area (Å²) >= 11 is 12.3. The molecule has 0 saturated carbocycles. The van der Waals surface area contributed by atoms with E-state index in [9.17, 15) is 4.79 Å². The van der Waals surface area contributed by atoms with Crippen molar-refractivity contribution in [2.75, 3.05) is 5.33 Å². The van der Waals surface area contributed by atoms with Gasteiger partial charge in [0.1, 0.15) is 0 Å². The lowest BCUT2D eigenvalue weighted by Gasteiger charge is -2.06. The molecule has 0 spiro atoms. The van der Waals surface area contributed by atoms with Crippen LogP contribution >= 0.6 is 43.5 Å². The fourth-order valence-corrected chi connectivity index (χ4v) is 2.16. The van der Waals surface area contributed by atoms with Crippen molar-refractivity contribution in [3.8, 4) is 0 Å². The molecule has 0 heterocycles. The summed E-state index contributed by atoms with van der Waals surface area (Å²) in [5.41, 5.74) is 1.59. The summed E-state index contributed by atoms with van der Waals surface area (Å²) in [6.45, 7) is 1.89. The Morgan fingerprint density at radius 3 is 2.69 bits per heavy atom. The summed E-state index contributed by atoms with van der Waals surface area (Å²) in [6, 6.07) is 3.61. The van der Waals surface area contributed by atoms with E-state index in [2.05, 4.69) is 31.9 Å². The third kappa shape index (κ3) is 2.33. The van der Waals surface area contributed by atoms with Crippen molar-refractivity contribution in [2.45, 2.75) is 6.92 Å². The van der Waals surface area contributed by atoms with Gasteiger partial charge in [0.25, 0.3) is 0 Å². The molecule has 0 bridgehead atoms. The number of benzene rings is 1. The van der Waals surface area contributed by atoms with Crippen molar-refractivity contribution in [2.24, 2.45) is 0 Å². The fourth-order valence-electron chi connectivity index (χ4n) is 1.06. The van der Waals surface area contributed by atoms with Crippen molar-refractivity contribution < 1.29 is 4.79 Å². The van der Waals surface area contributed by atoms with Crippen LogP contribution in [0.5, 0.6) is 0 Å². The first-order valence-electron chi connectivity index (χ1n) is 3.61. The second-order valence-corrected chi connectivity index (χ2v) is 4.37. The molecule has 0 aliphatic heterocycles. The first-order chi connectivity index (χ1) is 6.07. The molecule has 0 atom stereocenters. The minimum atomic E-state index is 0.0341. The van der Waals surface area contributed by atoms with Gasteiger partial charge < -0.3 is 0 Å². The molecule has 70 valence electrons. The molecule has 0 amide bonds. The van der Waals surface area contributed by atoms with E-state index >= 15 is 0 Å². The monoisotopic (exact) mass is 324 g/mol. The van der Waals surface area contributed by atoms with E-state index in [4.69, 9.17) is 11.6 Å². The van der Waals surface area contributed by atoms with E-state index in [1.807, 2.05) is 13.0 Å². The number of halogens is 3. The molecule has 0 aliphatic rings. The Morgan fingerprint density at radius 2 is 2.15 bits per heavy atom. The minimum absolute atomic E-state index is 0.0341. The zero-order valence-corrected chi connectivity index (χ0v) is 10.8. The van der Waals surface area contributed by atoms with E-state index in [0.29, 0.717) is 20.4 Å². The van der Waals surface area contributed by atoms with Crippen LogP contribution < -0.4 is 0 Å². The summed E-state index contributed by atoms with van der Waals surface area (Å²) in [7, 11) is 0. The fraction of sp³-hybridized carbons (Fsp3) is 0.222. The number of carbonyl (C=O) groups excluding carboxylic acids is 1. The van der Waals surface area contributed by atoms with Crippen LogP contribution in [0.25, 0.3) is 0 Å². The average Bonchev–Trinajstić information content (AvgIpc) is 2.12. The second kappa shape index (κ2) is 4.58. The molecule has 0 unspecified atom stereocenters. The topological polar surface area (TPSA) is 17.1 Å². The average molecular weight is 326 g/mol. The lowest BCUT2D eigenvalue weighted by atomic mass is 10.1. The molecular weight excluding hydrogens is 319 g/mol. The van der Waals surface area contributed by atoms with Crippen molar-refractivity contribution in [3.05, 3.63) is 32.8 Å². The van der Waals surface area contributed by atoms with Gasteiger partial charge in [-0.3, -0.25) is 4.79 Å². The molecule has 0 N–H and O–H groups in total. The van der Waals surface area contributed by atoms with Gasteiger partial charge >= 0.3 is 0 Å². The lowest BCUT2D eigenvalue weighted by Crippen LogP contribution is -2.04. The van der Waals surface area contributed by atoms with Crippen molar-refractivity contribution in [3.63, 3.8) is 0 Å². The van der Waals surface area contributed by atoms with Crippen LogP contribution in [0.4, 0.5) is 0 Å². The Labute approximate surface area is 98.7 Å². The van der Waals surface area contributed by atoms with E-state index in [0.717, 1.165) is 5.56 Å². The van der Waals surface area contributed by atoms with Gasteiger partial charge in [-0.25, -0.2) is 0 Å². The highest BCUT2D eigenvalue weighted by Crippen LogP contribution is 2.29. The number of alkyl halides is 1. The molecular formula is C9H7Br2ClO. The number of aryl methyl sites for hydroxylation is 1. The predicted octanol–water partition coefficient (Wildman–Crippen LogP) is 3.99. The van der Waals surface area contributed by atoms with E-state index in [-0.39, 0.29) is 5.78 Å². The summed E-state index contributed by atoms with van der Waals surface area (Å²) < 4.78 is 0.679. The molecule has 1 rings (SSSR count). The van der Waals surface area contributed by atoms with Crippen molar-refractivity contribution >= 4 is 49.2 Å². The van der Waals surface area contributed by atoms with E-state index in [1.54, 1.807) is 6.07 Å². The minimum Gasteiger partial charge on any atom is -0.293 e. The first-order valence-corrected chi connectivity index (χ1v) is 5.91. The molecule has 0 radical (unpaired) electrons. The van der Waals surface area contributed by atoms with Gasteiger partial charge in [-0.15, -0.1) is 0 Å². The number of hydrogen-bond donors (Lipinski definition) is 0. The number of carbonyl (C=O) groups is 1. The molecule has 0 fully saturated rings. The number of hydrogen-bond acceptors (Lipinski definition) is 1. The zero-order valence-electron chi connectivity index (χ0n) is 6.90. The third-order valence-electron chi connectivity index (χ3n) is 1.70. The number of rotatable bonds is 2. The van der Waals surface area contributed by atoms with Crippen LogP contribution in [0.2, 0.25) is 5.02 Å². The summed E-state index contributed by atoms with van der Waals surface area (Å²) in [5.74, 6) is 0.0341. The Kier molecular flexibility index (Phi) is 3.95. The standard InChI is InChI=1S/C9H7Br2ClO/c1-5-2-3-6(12)9(11)8(5)7(13)4-10/h2-3H,4H2,1H3.